The molecule has 2 rings (SSSR count). The van der Waals surface area contributed by atoms with Crippen LogP contribution < -0.4 is 5.32 Å². The fourth-order valence-corrected chi connectivity index (χ4v) is 3.49. The molecule has 1 aliphatic heterocycles. The first-order valence-corrected chi connectivity index (χ1v) is 6.59. The molecule has 2 aliphatic rings. The molecule has 0 aromatic heterocycles. The fraction of sp³-hybridized carbons (Fsp3) is 0.846. The van der Waals surface area contributed by atoms with Crippen molar-refractivity contribution >= 4 is 11.9 Å². The Balaban J connectivity index is 2.16. The van der Waals surface area contributed by atoms with E-state index in [-0.39, 0.29) is 11.3 Å². The summed E-state index contributed by atoms with van der Waals surface area (Å²) < 4.78 is 0. The van der Waals surface area contributed by atoms with Gasteiger partial charge in [-0.05, 0) is 25.2 Å². The molecule has 0 radical (unpaired) electrons. The van der Waals surface area contributed by atoms with Gasteiger partial charge in [-0.15, -0.1) is 0 Å². The van der Waals surface area contributed by atoms with E-state index in [1.165, 1.54) is 6.42 Å². The van der Waals surface area contributed by atoms with Crippen LogP contribution >= 0.6 is 0 Å². The Morgan fingerprint density at radius 2 is 2.24 bits per heavy atom. The first-order chi connectivity index (χ1) is 8.07. The summed E-state index contributed by atoms with van der Waals surface area (Å²) in [4.78, 5) is 22.8. The van der Waals surface area contributed by atoms with Crippen molar-refractivity contribution in [2.45, 2.75) is 57.9 Å². The number of hydrogen-bond donors (Lipinski definition) is 2. The second-order valence-corrected chi connectivity index (χ2v) is 5.58. The van der Waals surface area contributed by atoms with Crippen molar-refractivity contribution in [3.63, 3.8) is 0 Å². The third-order valence-electron chi connectivity index (χ3n) is 4.59. The maximum Gasteiger partial charge on any atom is 0.326 e. The molecule has 0 aromatic rings. The first kappa shape index (κ1) is 12.4. The third-order valence-corrected chi connectivity index (χ3v) is 4.59. The molecule has 96 valence electrons. The van der Waals surface area contributed by atoms with Gasteiger partial charge in [-0.3, -0.25) is 4.79 Å². The van der Waals surface area contributed by atoms with E-state index >= 15 is 0 Å². The molecule has 2 fully saturated rings. The van der Waals surface area contributed by atoms with Crippen LogP contribution in [0.15, 0.2) is 0 Å². The van der Waals surface area contributed by atoms with E-state index in [2.05, 4.69) is 12.2 Å². The van der Waals surface area contributed by atoms with E-state index in [1.54, 1.807) is 0 Å². The molecular weight excluding hydrogens is 218 g/mol. The molecule has 1 aliphatic carbocycles. The van der Waals surface area contributed by atoms with Crippen molar-refractivity contribution in [1.29, 1.82) is 0 Å². The molecule has 0 aromatic carbocycles. The van der Waals surface area contributed by atoms with Crippen molar-refractivity contribution in [3.8, 4) is 0 Å². The molecule has 4 nitrogen and oxygen atoms in total. The molecule has 2 N–H and O–H groups in total. The minimum absolute atomic E-state index is 0.0904. The zero-order chi connectivity index (χ0) is 12.5. The van der Waals surface area contributed by atoms with Crippen molar-refractivity contribution in [1.82, 2.24) is 5.32 Å². The topological polar surface area (TPSA) is 66.4 Å². The average molecular weight is 239 g/mol. The number of carboxylic acids is 1. The summed E-state index contributed by atoms with van der Waals surface area (Å²) in [6.45, 7) is 2.19. The number of aliphatic carboxylic acids is 1. The number of carbonyl (C=O) groups excluding carboxylic acids is 1. The molecule has 3 unspecified atom stereocenters. The van der Waals surface area contributed by atoms with Gasteiger partial charge >= 0.3 is 5.97 Å². The molecular formula is C13H21NO3. The van der Waals surface area contributed by atoms with Crippen LogP contribution in [0.2, 0.25) is 0 Å². The molecule has 1 heterocycles. The predicted molar refractivity (Wildman–Crippen MR) is 63.5 cm³/mol. The van der Waals surface area contributed by atoms with Crippen LogP contribution in [0, 0.1) is 11.3 Å². The largest absolute Gasteiger partial charge is 0.480 e. The van der Waals surface area contributed by atoms with Crippen molar-refractivity contribution in [2.24, 2.45) is 11.3 Å². The number of carbonyl (C=O) groups is 2. The van der Waals surface area contributed by atoms with Gasteiger partial charge in [0.1, 0.15) is 6.04 Å². The van der Waals surface area contributed by atoms with Gasteiger partial charge in [0, 0.05) is 11.8 Å². The van der Waals surface area contributed by atoms with Crippen LogP contribution in [-0.4, -0.2) is 23.0 Å². The lowest BCUT2D eigenvalue weighted by Gasteiger charge is -2.30. The van der Waals surface area contributed by atoms with Crippen molar-refractivity contribution < 1.29 is 14.7 Å². The highest BCUT2D eigenvalue weighted by Crippen LogP contribution is 2.45. The lowest BCUT2D eigenvalue weighted by atomic mass is 9.74. The van der Waals surface area contributed by atoms with Crippen LogP contribution in [0.4, 0.5) is 0 Å². The molecule has 1 amide bonds. The minimum atomic E-state index is -0.870. The number of hydrogen-bond acceptors (Lipinski definition) is 2. The maximum absolute atomic E-state index is 11.5. The number of nitrogens with one attached hydrogen (secondary N) is 1. The van der Waals surface area contributed by atoms with Gasteiger partial charge in [-0.2, -0.15) is 0 Å². The smallest absolute Gasteiger partial charge is 0.326 e. The van der Waals surface area contributed by atoms with Crippen LogP contribution in [0.3, 0.4) is 0 Å². The highest BCUT2D eigenvalue weighted by molar-refractivity contribution is 5.89. The summed E-state index contributed by atoms with van der Waals surface area (Å²) in [5.41, 5.74) is -0.313. The van der Waals surface area contributed by atoms with E-state index in [4.69, 9.17) is 0 Å². The van der Waals surface area contributed by atoms with Gasteiger partial charge in [-0.25, -0.2) is 4.79 Å². The number of amides is 1. The summed E-state index contributed by atoms with van der Waals surface area (Å²) in [5.74, 6) is -0.252. The van der Waals surface area contributed by atoms with E-state index in [0.717, 1.165) is 32.1 Å². The molecule has 17 heavy (non-hydrogen) atoms. The summed E-state index contributed by atoms with van der Waals surface area (Å²) in [6.07, 6.45) is 6.61. The van der Waals surface area contributed by atoms with Gasteiger partial charge in [0.2, 0.25) is 5.91 Å². The Morgan fingerprint density at radius 1 is 1.47 bits per heavy atom. The number of rotatable bonds is 2. The van der Waals surface area contributed by atoms with Gasteiger partial charge < -0.3 is 10.4 Å². The van der Waals surface area contributed by atoms with Crippen LogP contribution in [0.1, 0.15) is 51.9 Å². The van der Waals surface area contributed by atoms with Crippen molar-refractivity contribution in [2.75, 3.05) is 0 Å². The normalized spacial score (nSPS) is 37.8. The van der Waals surface area contributed by atoms with Crippen LogP contribution in [0.5, 0.6) is 0 Å². The van der Waals surface area contributed by atoms with Crippen LogP contribution in [0.25, 0.3) is 0 Å². The highest BCUT2D eigenvalue weighted by atomic mass is 16.4. The molecule has 1 spiro atoms. The average Bonchev–Trinajstić information content (AvgIpc) is 2.48. The van der Waals surface area contributed by atoms with E-state index in [0.29, 0.717) is 12.3 Å². The Kier molecular flexibility index (Phi) is 3.40. The van der Waals surface area contributed by atoms with E-state index < -0.39 is 12.0 Å². The quantitative estimate of drug-likeness (QED) is 0.773. The highest BCUT2D eigenvalue weighted by Gasteiger charge is 2.50. The van der Waals surface area contributed by atoms with Crippen molar-refractivity contribution in [3.05, 3.63) is 0 Å². The lowest BCUT2D eigenvalue weighted by Crippen LogP contribution is -2.43. The molecule has 4 heteroatoms. The molecule has 1 saturated carbocycles. The van der Waals surface area contributed by atoms with Gasteiger partial charge in [-0.1, -0.05) is 26.2 Å². The fourth-order valence-electron chi connectivity index (χ4n) is 3.49. The second kappa shape index (κ2) is 4.67. The second-order valence-electron chi connectivity index (χ2n) is 5.58. The summed E-state index contributed by atoms with van der Waals surface area (Å²) in [6, 6.07) is -0.661. The molecule has 1 saturated heterocycles. The lowest BCUT2D eigenvalue weighted by molar-refractivity contribution is -0.142. The zero-order valence-electron chi connectivity index (χ0n) is 10.4. The molecule has 3 atom stereocenters. The van der Waals surface area contributed by atoms with Gasteiger partial charge in [0.15, 0.2) is 0 Å². The maximum atomic E-state index is 11.5. The van der Waals surface area contributed by atoms with E-state index in [9.17, 15) is 14.7 Å². The summed E-state index contributed by atoms with van der Waals surface area (Å²) >= 11 is 0. The standard InChI is InChI=1S/C13H21NO3/c1-2-9-4-3-6-13(7-5-9)8-10(15)14-11(13)12(16)17/h9,11H,2-8H2,1H3,(H,14,15)(H,16,17). The summed E-state index contributed by atoms with van der Waals surface area (Å²) in [5, 5.41) is 11.9. The number of carboxylic acid groups (broad SMARTS) is 1. The minimum Gasteiger partial charge on any atom is -0.480 e. The Bertz CT molecular complexity index is 329. The Morgan fingerprint density at radius 3 is 2.88 bits per heavy atom. The molecule has 0 bridgehead atoms. The van der Waals surface area contributed by atoms with E-state index in [1.807, 2.05) is 0 Å². The van der Waals surface area contributed by atoms with Gasteiger partial charge in [0.05, 0.1) is 0 Å². The van der Waals surface area contributed by atoms with Gasteiger partial charge in [0.25, 0.3) is 0 Å². The van der Waals surface area contributed by atoms with Crippen LogP contribution in [-0.2, 0) is 9.59 Å². The Labute approximate surface area is 102 Å². The monoisotopic (exact) mass is 239 g/mol. The SMILES string of the molecule is CCC1CCCC2(CC1)CC(=O)NC2C(=O)O. The third kappa shape index (κ3) is 2.31. The predicted octanol–water partition coefficient (Wildman–Crippen LogP) is 1.94. The summed E-state index contributed by atoms with van der Waals surface area (Å²) in [7, 11) is 0. The first-order valence-electron chi connectivity index (χ1n) is 6.59. The zero-order valence-corrected chi connectivity index (χ0v) is 10.4. The Hall–Kier alpha value is -1.06.